The van der Waals surface area contributed by atoms with Crippen molar-refractivity contribution < 1.29 is 14.2 Å². The Balaban J connectivity index is 1.95. The van der Waals surface area contributed by atoms with Crippen molar-refractivity contribution in [3.63, 3.8) is 0 Å². The van der Waals surface area contributed by atoms with E-state index in [1.165, 1.54) is 5.57 Å². The summed E-state index contributed by atoms with van der Waals surface area (Å²) >= 11 is 6.38. The number of hydrogen-bond acceptors (Lipinski definition) is 3. The lowest BCUT2D eigenvalue weighted by Gasteiger charge is -2.17. The van der Waals surface area contributed by atoms with Crippen LogP contribution in [0.5, 0.6) is 5.75 Å². The maximum atomic E-state index is 13.4. The fourth-order valence-corrected chi connectivity index (χ4v) is 2.74. The molecule has 2 rings (SSSR count). The van der Waals surface area contributed by atoms with Gasteiger partial charge in [0.15, 0.2) is 0 Å². The largest absolute Gasteiger partial charge is 0.492 e. The van der Waals surface area contributed by atoms with Gasteiger partial charge in [-0.15, -0.1) is 0 Å². The molecule has 1 aliphatic heterocycles. The van der Waals surface area contributed by atoms with Crippen LogP contribution in [-0.4, -0.2) is 42.0 Å². The maximum Gasteiger partial charge on any atom is 0.140 e. The number of rotatable bonds is 6. The van der Waals surface area contributed by atoms with Gasteiger partial charge in [-0.3, -0.25) is 4.90 Å². The minimum absolute atomic E-state index is 0.239. The van der Waals surface area contributed by atoms with E-state index in [1.54, 1.807) is 0 Å². The van der Waals surface area contributed by atoms with E-state index in [1.807, 2.05) is 23.1 Å². The number of likely N-dealkylation sites (tertiary alicyclic amines) is 1. The van der Waals surface area contributed by atoms with Crippen molar-refractivity contribution in [2.75, 3.05) is 19.7 Å². The second kappa shape index (κ2) is 7.95. The van der Waals surface area contributed by atoms with Crippen molar-refractivity contribution in [3.05, 3.63) is 40.4 Å². The van der Waals surface area contributed by atoms with Crippen LogP contribution in [0.1, 0.15) is 25.8 Å². The van der Waals surface area contributed by atoms with Crippen LogP contribution in [-0.2, 0) is 6.54 Å². The van der Waals surface area contributed by atoms with E-state index < -0.39 is 12.3 Å². The number of aliphatic hydroxyl groups is 1. The molecule has 0 aromatic heterocycles. The van der Waals surface area contributed by atoms with Gasteiger partial charge in [-0.05, 0) is 31.9 Å². The van der Waals surface area contributed by atoms with Gasteiger partial charge in [-0.25, -0.2) is 4.39 Å². The molecular formula is C17H23ClFNO2. The van der Waals surface area contributed by atoms with Crippen LogP contribution >= 0.6 is 11.6 Å². The second-order valence-corrected chi connectivity index (χ2v) is 6.30. The molecular weight excluding hydrogens is 305 g/mol. The highest BCUT2D eigenvalue weighted by Gasteiger charge is 2.31. The Labute approximate surface area is 136 Å². The summed E-state index contributed by atoms with van der Waals surface area (Å²) in [5.74, 6) is 0.651. The van der Waals surface area contributed by atoms with E-state index in [0.29, 0.717) is 30.5 Å². The normalized spacial score (nSPS) is 21.9. The summed E-state index contributed by atoms with van der Waals surface area (Å²) < 4.78 is 19.1. The molecule has 1 aromatic rings. The number of hydrogen-bond donors (Lipinski definition) is 1. The summed E-state index contributed by atoms with van der Waals surface area (Å²) in [6.45, 7) is 5.77. The Hall–Kier alpha value is -1.10. The zero-order valence-corrected chi connectivity index (χ0v) is 13.8. The molecule has 122 valence electrons. The standard InChI is InChI=1S/C17H23ClFNO2/c1-12(2)5-4-8-22-16-7-3-6-13(17(16)18)9-20-10-14(19)15(21)11-20/h3,5-7,14-15,21H,4,8-11H2,1-2H3/t14-,15-/m1/s1. The maximum absolute atomic E-state index is 13.4. The zero-order valence-electron chi connectivity index (χ0n) is 13.1. The quantitative estimate of drug-likeness (QED) is 0.640. The number of β-amino-alcohol motifs (C(OH)–C–C–N with tert-alkyl or cyclic N) is 1. The fourth-order valence-electron chi connectivity index (χ4n) is 2.50. The molecule has 1 heterocycles. The third kappa shape index (κ3) is 4.70. The number of ether oxygens (including phenoxy) is 1. The first-order valence-electron chi connectivity index (χ1n) is 7.55. The molecule has 0 unspecified atom stereocenters. The van der Waals surface area contributed by atoms with E-state index in [9.17, 15) is 9.50 Å². The summed E-state index contributed by atoms with van der Waals surface area (Å²) in [5, 5.41) is 10.0. The molecule has 1 fully saturated rings. The zero-order chi connectivity index (χ0) is 16.1. The number of halogens is 2. The molecule has 0 aliphatic carbocycles. The van der Waals surface area contributed by atoms with E-state index in [0.717, 1.165) is 12.0 Å². The molecule has 0 spiro atoms. The average molecular weight is 328 g/mol. The molecule has 5 heteroatoms. The smallest absolute Gasteiger partial charge is 0.140 e. The predicted octanol–water partition coefficient (Wildman–Crippen LogP) is 3.59. The molecule has 0 radical (unpaired) electrons. The van der Waals surface area contributed by atoms with E-state index >= 15 is 0 Å². The van der Waals surface area contributed by atoms with Crippen molar-refractivity contribution in [3.8, 4) is 5.75 Å². The number of benzene rings is 1. The first kappa shape index (κ1) is 17.3. The van der Waals surface area contributed by atoms with Gasteiger partial charge < -0.3 is 9.84 Å². The second-order valence-electron chi connectivity index (χ2n) is 5.93. The Kier molecular flexibility index (Phi) is 6.24. The number of aliphatic hydroxyl groups excluding tert-OH is 1. The van der Waals surface area contributed by atoms with Crippen LogP contribution in [0.15, 0.2) is 29.8 Å². The Morgan fingerprint density at radius 3 is 2.86 bits per heavy atom. The number of alkyl halides is 1. The molecule has 2 atom stereocenters. The van der Waals surface area contributed by atoms with Crippen molar-refractivity contribution in [1.29, 1.82) is 0 Å². The van der Waals surface area contributed by atoms with E-state index in [2.05, 4.69) is 19.9 Å². The summed E-state index contributed by atoms with van der Waals surface area (Å²) in [7, 11) is 0. The third-order valence-corrected chi connectivity index (χ3v) is 4.09. The molecule has 0 bridgehead atoms. The van der Waals surface area contributed by atoms with Gasteiger partial charge in [-0.2, -0.15) is 0 Å². The molecule has 3 nitrogen and oxygen atoms in total. The Morgan fingerprint density at radius 1 is 1.45 bits per heavy atom. The molecule has 1 saturated heterocycles. The van der Waals surface area contributed by atoms with Gasteiger partial charge >= 0.3 is 0 Å². The highest BCUT2D eigenvalue weighted by molar-refractivity contribution is 6.32. The Bertz CT molecular complexity index is 521. The SMILES string of the molecule is CC(C)=CCCOc1cccc(CN2C[C@@H](O)[C@H](F)C2)c1Cl. The van der Waals surface area contributed by atoms with E-state index in [4.69, 9.17) is 16.3 Å². The third-order valence-electron chi connectivity index (χ3n) is 3.66. The highest BCUT2D eigenvalue weighted by atomic mass is 35.5. The van der Waals surface area contributed by atoms with Crippen LogP contribution in [0.3, 0.4) is 0 Å². The molecule has 1 aromatic carbocycles. The van der Waals surface area contributed by atoms with E-state index in [-0.39, 0.29) is 6.54 Å². The van der Waals surface area contributed by atoms with Gasteiger partial charge in [0.05, 0.1) is 17.7 Å². The van der Waals surface area contributed by atoms with Gasteiger partial charge in [-0.1, -0.05) is 35.4 Å². The lowest BCUT2D eigenvalue weighted by atomic mass is 10.2. The topological polar surface area (TPSA) is 32.7 Å². The molecule has 0 amide bonds. The van der Waals surface area contributed by atoms with Gasteiger partial charge in [0, 0.05) is 19.6 Å². The predicted molar refractivity (Wildman–Crippen MR) is 87.2 cm³/mol. The van der Waals surface area contributed by atoms with Crippen LogP contribution in [0, 0.1) is 0 Å². The number of allylic oxidation sites excluding steroid dienone is 1. The summed E-state index contributed by atoms with van der Waals surface area (Å²) in [6.07, 6.45) is 0.875. The lowest BCUT2D eigenvalue weighted by molar-refractivity contribution is 0.115. The first-order chi connectivity index (χ1) is 10.5. The van der Waals surface area contributed by atoms with Crippen LogP contribution < -0.4 is 4.74 Å². The van der Waals surface area contributed by atoms with Crippen LogP contribution in [0.2, 0.25) is 5.02 Å². The van der Waals surface area contributed by atoms with Crippen LogP contribution in [0.25, 0.3) is 0 Å². The molecule has 1 N–H and O–H groups in total. The van der Waals surface area contributed by atoms with Gasteiger partial charge in [0.25, 0.3) is 0 Å². The molecule has 0 saturated carbocycles. The van der Waals surface area contributed by atoms with Crippen molar-refractivity contribution >= 4 is 11.6 Å². The molecule has 1 aliphatic rings. The van der Waals surface area contributed by atoms with Gasteiger partial charge in [0.2, 0.25) is 0 Å². The Morgan fingerprint density at radius 2 is 2.23 bits per heavy atom. The van der Waals surface area contributed by atoms with Crippen molar-refractivity contribution in [1.82, 2.24) is 4.90 Å². The van der Waals surface area contributed by atoms with Crippen molar-refractivity contribution in [2.45, 2.75) is 39.1 Å². The summed E-state index contributed by atoms with van der Waals surface area (Å²) in [4.78, 5) is 1.86. The lowest BCUT2D eigenvalue weighted by Crippen LogP contribution is -2.21. The highest BCUT2D eigenvalue weighted by Crippen LogP contribution is 2.30. The summed E-state index contributed by atoms with van der Waals surface area (Å²) in [5.41, 5.74) is 2.15. The number of nitrogens with zero attached hydrogens (tertiary/aromatic N) is 1. The first-order valence-corrected chi connectivity index (χ1v) is 7.93. The molecule has 22 heavy (non-hydrogen) atoms. The fraction of sp³-hybridized carbons (Fsp3) is 0.529. The van der Waals surface area contributed by atoms with Crippen molar-refractivity contribution in [2.24, 2.45) is 0 Å². The average Bonchev–Trinajstić information content (AvgIpc) is 2.77. The van der Waals surface area contributed by atoms with Gasteiger partial charge in [0.1, 0.15) is 11.9 Å². The minimum atomic E-state index is -1.18. The minimum Gasteiger partial charge on any atom is -0.492 e. The monoisotopic (exact) mass is 327 g/mol. The summed E-state index contributed by atoms with van der Waals surface area (Å²) in [6, 6.07) is 5.63. The van der Waals surface area contributed by atoms with Crippen LogP contribution in [0.4, 0.5) is 4.39 Å².